The lowest BCUT2D eigenvalue weighted by Crippen LogP contribution is -2.29. The van der Waals surface area contributed by atoms with Crippen LogP contribution < -0.4 is 10.2 Å². The highest BCUT2D eigenvalue weighted by molar-refractivity contribution is 9.10. The first-order valence-electron chi connectivity index (χ1n) is 9.82. The lowest BCUT2D eigenvalue weighted by Gasteiger charge is -2.26. The molecule has 160 valence electrons. The number of rotatable bonds is 4. The number of benzene rings is 2. The van der Waals surface area contributed by atoms with Crippen LogP contribution in [0.15, 0.2) is 87.9 Å². The third-order valence-corrected chi connectivity index (χ3v) is 6.38. The number of anilines is 1. The Bertz CT molecular complexity index is 1280. The van der Waals surface area contributed by atoms with Gasteiger partial charge in [-0.3, -0.25) is 4.98 Å². The van der Waals surface area contributed by atoms with Crippen LogP contribution in [0.4, 0.5) is 10.1 Å². The quantitative estimate of drug-likeness (QED) is 0.287. The van der Waals surface area contributed by atoms with Gasteiger partial charge in [0.1, 0.15) is 23.4 Å². The molecule has 0 saturated carbocycles. The van der Waals surface area contributed by atoms with Crippen LogP contribution >= 0.6 is 39.7 Å². The second kappa shape index (κ2) is 8.65. The molecule has 0 bridgehead atoms. The van der Waals surface area contributed by atoms with Gasteiger partial charge >= 0.3 is 0 Å². The van der Waals surface area contributed by atoms with Crippen molar-refractivity contribution in [3.05, 3.63) is 106 Å². The zero-order valence-corrected chi connectivity index (χ0v) is 19.7. The predicted molar refractivity (Wildman–Crippen MR) is 131 cm³/mol. The van der Waals surface area contributed by atoms with Crippen LogP contribution in [-0.2, 0) is 0 Å². The van der Waals surface area contributed by atoms with E-state index in [4.69, 9.17) is 28.2 Å². The number of nitrogens with zero attached hydrogens (tertiary/aromatic N) is 2. The molecule has 1 aliphatic heterocycles. The predicted octanol–water partition coefficient (Wildman–Crippen LogP) is 7.07. The maximum Gasteiger partial charge on any atom is 0.174 e. The SMILES string of the molecule is Fc1cc(Br)ccc1-c1ccc([C@H]2[C@H](c3ccccn3)NC(=S)N2c2ccc(Cl)cc2)o1. The molecule has 0 radical (unpaired) electrons. The Balaban J connectivity index is 1.60. The van der Waals surface area contributed by atoms with Gasteiger partial charge in [0, 0.05) is 21.4 Å². The number of pyridine rings is 1. The van der Waals surface area contributed by atoms with Gasteiger partial charge in [-0.2, -0.15) is 0 Å². The lowest BCUT2D eigenvalue weighted by atomic mass is 10.0. The Labute approximate surface area is 203 Å². The van der Waals surface area contributed by atoms with E-state index in [1.807, 2.05) is 53.4 Å². The smallest absolute Gasteiger partial charge is 0.174 e. The summed E-state index contributed by atoms with van der Waals surface area (Å²) < 4.78 is 21.4. The molecule has 4 nitrogen and oxygen atoms in total. The topological polar surface area (TPSA) is 41.3 Å². The number of furan rings is 1. The first-order chi connectivity index (χ1) is 15.5. The Morgan fingerprint density at radius 2 is 1.88 bits per heavy atom. The minimum atomic E-state index is -0.365. The highest BCUT2D eigenvalue weighted by Crippen LogP contribution is 2.43. The Kier molecular flexibility index (Phi) is 5.71. The average molecular weight is 529 g/mol. The van der Waals surface area contributed by atoms with Gasteiger partial charge < -0.3 is 14.6 Å². The monoisotopic (exact) mass is 527 g/mol. The van der Waals surface area contributed by atoms with Crippen LogP contribution in [0.25, 0.3) is 11.3 Å². The van der Waals surface area contributed by atoms with E-state index < -0.39 is 0 Å². The summed E-state index contributed by atoms with van der Waals surface area (Å²) in [7, 11) is 0. The number of halogens is 3. The van der Waals surface area contributed by atoms with E-state index in [2.05, 4.69) is 26.2 Å². The molecule has 32 heavy (non-hydrogen) atoms. The van der Waals surface area contributed by atoms with E-state index in [9.17, 15) is 4.39 Å². The number of hydrogen-bond donors (Lipinski definition) is 1. The van der Waals surface area contributed by atoms with Gasteiger partial charge in [0.15, 0.2) is 5.11 Å². The van der Waals surface area contributed by atoms with Crippen molar-refractivity contribution in [3.8, 4) is 11.3 Å². The minimum Gasteiger partial charge on any atom is -0.459 e. The van der Waals surface area contributed by atoms with Gasteiger partial charge in [-0.05, 0) is 78.9 Å². The van der Waals surface area contributed by atoms with E-state index >= 15 is 0 Å². The second-order valence-electron chi connectivity index (χ2n) is 7.30. The molecule has 1 fully saturated rings. The van der Waals surface area contributed by atoms with E-state index in [1.54, 1.807) is 24.4 Å². The fourth-order valence-corrected chi connectivity index (χ4v) is 4.67. The van der Waals surface area contributed by atoms with Crippen molar-refractivity contribution in [1.82, 2.24) is 10.3 Å². The fraction of sp³-hybridized carbons (Fsp3) is 0.0833. The number of hydrogen-bond acceptors (Lipinski definition) is 3. The zero-order valence-electron chi connectivity index (χ0n) is 16.5. The van der Waals surface area contributed by atoms with Crippen LogP contribution in [0.2, 0.25) is 5.02 Å². The summed E-state index contributed by atoms with van der Waals surface area (Å²) in [5.41, 5.74) is 2.08. The fourth-order valence-electron chi connectivity index (χ4n) is 3.87. The van der Waals surface area contributed by atoms with Gasteiger partial charge in [-0.1, -0.05) is 33.6 Å². The van der Waals surface area contributed by atoms with E-state index in [0.29, 0.717) is 31.7 Å². The molecule has 0 aliphatic carbocycles. The molecule has 0 spiro atoms. The normalized spacial score (nSPS) is 18.1. The largest absolute Gasteiger partial charge is 0.459 e. The molecule has 5 rings (SSSR count). The molecule has 2 aromatic heterocycles. The van der Waals surface area contributed by atoms with Crippen molar-refractivity contribution < 1.29 is 8.81 Å². The van der Waals surface area contributed by atoms with Gasteiger partial charge in [-0.25, -0.2) is 4.39 Å². The maximum atomic E-state index is 14.5. The van der Waals surface area contributed by atoms with Gasteiger partial charge in [0.25, 0.3) is 0 Å². The van der Waals surface area contributed by atoms with Gasteiger partial charge in [0.2, 0.25) is 0 Å². The van der Waals surface area contributed by atoms with Crippen LogP contribution in [0, 0.1) is 5.82 Å². The summed E-state index contributed by atoms with van der Waals surface area (Å²) in [6, 6.07) is 21.1. The highest BCUT2D eigenvalue weighted by Gasteiger charge is 2.42. The van der Waals surface area contributed by atoms with Gasteiger partial charge in [-0.15, -0.1) is 0 Å². The Morgan fingerprint density at radius 3 is 2.59 bits per heavy atom. The highest BCUT2D eigenvalue weighted by atomic mass is 79.9. The molecule has 0 amide bonds. The lowest BCUT2D eigenvalue weighted by molar-refractivity contribution is 0.438. The zero-order chi connectivity index (χ0) is 22.2. The first kappa shape index (κ1) is 21.1. The molecule has 3 heterocycles. The van der Waals surface area contributed by atoms with Gasteiger partial charge in [0.05, 0.1) is 17.3 Å². The van der Waals surface area contributed by atoms with Crippen molar-refractivity contribution >= 4 is 50.5 Å². The van der Waals surface area contributed by atoms with E-state index in [1.165, 1.54) is 6.07 Å². The first-order valence-corrected chi connectivity index (χ1v) is 11.4. The van der Waals surface area contributed by atoms with Crippen LogP contribution in [0.3, 0.4) is 0 Å². The molecule has 4 aromatic rings. The summed E-state index contributed by atoms with van der Waals surface area (Å²) in [4.78, 5) is 6.50. The van der Waals surface area contributed by atoms with Crippen molar-refractivity contribution in [2.24, 2.45) is 0 Å². The summed E-state index contributed by atoms with van der Waals surface area (Å²) in [6.07, 6.45) is 1.74. The van der Waals surface area contributed by atoms with Crippen molar-refractivity contribution in [2.45, 2.75) is 12.1 Å². The molecule has 1 saturated heterocycles. The van der Waals surface area contributed by atoms with E-state index in [-0.39, 0.29) is 17.9 Å². The summed E-state index contributed by atoms with van der Waals surface area (Å²) >= 11 is 15.1. The third kappa shape index (κ3) is 3.92. The number of nitrogens with one attached hydrogen (secondary N) is 1. The second-order valence-corrected chi connectivity index (χ2v) is 9.04. The molecule has 0 unspecified atom stereocenters. The van der Waals surface area contributed by atoms with Crippen LogP contribution in [-0.4, -0.2) is 10.1 Å². The summed E-state index contributed by atoms with van der Waals surface area (Å²) in [5, 5.41) is 4.55. The van der Waals surface area contributed by atoms with Crippen molar-refractivity contribution in [3.63, 3.8) is 0 Å². The Hall–Kier alpha value is -2.74. The maximum absolute atomic E-state index is 14.5. The van der Waals surface area contributed by atoms with E-state index in [0.717, 1.165) is 11.4 Å². The molecule has 2 atom stereocenters. The number of aromatic nitrogens is 1. The molecule has 1 aliphatic rings. The minimum absolute atomic E-state index is 0.256. The third-order valence-electron chi connectivity index (χ3n) is 5.32. The van der Waals surface area contributed by atoms with Crippen LogP contribution in [0.5, 0.6) is 0 Å². The average Bonchev–Trinajstić information content (AvgIpc) is 3.39. The van der Waals surface area contributed by atoms with Crippen molar-refractivity contribution in [2.75, 3.05) is 4.90 Å². The Morgan fingerprint density at radius 1 is 1.06 bits per heavy atom. The summed E-state index contributed by atoms with van der Waals surface area (Å²) in [5.74, 6) is 0.718. The molecular formula is C24H16BrClFN3OS. The molecule has 1 N–H and O–H groups in total. The van der Waals surface area contributed by atoms with Crippen LogP contribution in [0.1, 0.15) is 23.5 Å². The molecule has 2 aromatic carbocycles. The standard InChI is InChI=1S/C24H16BrClFN3OS/c25-14-4-9-17(18(27)13-14)20-10-11-21(31-20)23-22(19-3-1-2-12-28-19)29-24(32)30(23)16-7-5-15(26)6-8-16/h1-13,22-23H,(H,29,32)/t22-,23-/m0/s1. The summed E-state index contributed by atoms with van der Waals surface area (Å²) in [6.45, 7) is 0. The molecular weight excluding hydrogens is 513 g/mol. The molecule has 8 heteroatoms. The van der Waals surface area contributed by atoms with Crippen molar-refractivity contribution in [1.29, 1.82) is 0 Å². The number of thiocarbonyl (C=S) groups is 1.